The number of anilines is 2. The first-order valence-electron chi connectivity index (χ1n) is 8.59. The number of aromatic amines is 1. The zero-order valence-electron chi connectivity index (χ0n) is 14.9. The van der Waals surface area contributed by atoms with E-state index in [9.17, 15) is 0 Å². The van der Waals surface area contributed by atoms with Crippen molar-refractivity contribution in [3.63, 3.8) is 0 Å². The van der Waals surface area contributed by atoms with E-state index >= 15 is 0 Å². The molecular weight excluding hydrogens is 322 g/mol. The van der Waals surface area contributed by atoms with Crippen LogP contribution >= 0.6 is 0 Å². The van der Waals surface area contributed by atoms with Gasteiger partial charge in [-0.05, 0) is 37.4 Å². The molecule has 0 saturated heterocycles. The Morgan fingerprint density at radius 3 is 2.50 bits per heavy atom. The SMILES string of the molecule is CN(C)Cc1ccc(Nc2ncc3c(-c4ccccc4)c[nH]c3n2)cc1. The van der Waals surface area contributed by atoms with Crippen LogP contribution < -0.4 is 5.32 Å². The highest BCUT2D eigenvalue weighted by molar-refractivity contribution is 5.93. The van der Waals surface area contributed by atoms with Crippen LogP contribution in [-0.2, 0) is 6.54 Å². The Labute approximate surface area is 152 Å². The second-order valence-corrected chi connectivity index (χ2v) is 6.58. The van der Waals surface area contributed by atoms with Crippen molar-refractivity contribution in [3.05, 3.63) is 72.6 Å². The zero-order chi connectivity index (χ0) is 17.9. The van der Waals surface area contributed by atoms with Crippen molar-refractivity contribution in [1.82, 2.24) is 19.9 Å². The van der Waals surface area contributed by atoms with Crippen molar-refractivity contribution in [2.45, 2.75) is 6.54 Å². The van der Waals surface area contributed by atoms with E-state index in [1.807, 2.05) is 30.6 Å². The largest absolute Gasteiger partial charge is 0.345 e. The Morgan fingerprint density at radius 1 is 1.00 bits per heavy atom. The first-order valence-corrected chi connectivity index (χ1v) is 8.59. The lowest BCUT2D eigenvalue weighted by Crippen LogP contribution is -2.10. The highest BCUT2D eigenvalue weighted by Gasteiger charge is 2.09. The van der Waals surface area contributed by atoms with Crippen LogP contribution in [0.25, 0.3) is 22.2 Å². The molecule has 130 valence electrons. The molecule has 26 heavy (non-hydrogen) atoms. The van der Waals surface area contributed by atoms with Gasteiger partial charge in [0.05, 0.1) is 0 Å². The van der Waals surface area contributed by atoms with Gasteiger partial charge in [-0.2, -0.15) is 4.98 Å². The smallest absolute Gasteiger partial charge is 0.229 e. The van der Waals surface area contributed by atoms with E-state index < -0.39 is 0 Å². The summed E-state index contributed by atoms with van der Waals surface area (Å²) >= 11 is 0. The van der Waals surface area contributed by atoms with Crippen molar-refractivity contribution in [2.75, 3.05) is 19.4 Å². The van der Waals surface area contributed by atoms with Gasteiger partial charge in [0.2, 0.25) is 5.95 Å². The Morgan fingerprint density at radius 2 is 1.77 bits per heavy atom. The summed E-state index contributed by atoms with van der Waals surface area (Å²) in [6.07, 6.45) is 3.85. The molecule has 2 aromatic heterocycles. The van der Waals surface area contributed by atoms with Gasteiger partial charge in [0.25, 0.3) is 0 Å². The lowest BCUT2D eigenvalue weighted by atomic mass is 10.1. The number of hydrogen-bond donors (Lipinski definition) is 2. The summed E-state index contributed by atoms with van der Waals surface area (Å²) in [5.74, 6) is 0.583. The minimum Gasteiger partial charge on any atom is -0.345 e. The molecule has 0 atom stereocenters. The lowest BCUT2D eigenvalue weighted by molar-refractivity contribution is 0.402. The third kappa shape index (κ3) is 3.43. The highest BCUT2D eigenvalue weighted by Crippen LogP contribution is 2.27. The molecule has 2 N–H and O–H groups in total. The fraction of sp³-hybridized carbons (Fsp3) is 0.143. The molecule has 5 nitrogen and oxygen atoms in total. The Bertz CT molecular complexity index is 1000. The van der Waals surface area contributed by atoms with Crippen molar-refractivity contribution in [1.29, 1.82) is 0 Å². The summed E-state index contributed by atoms with van der Waals surface area (Å²) in [6.45, 7) is 0.924. The zero-order valence-corrected chi connectivity index (χ0v) is 14.9. The molecule has 0 amide bonds. The van der Waals surface area contributed by atoms with E-state index in [0.717, 1.165) is 34.4 Å². The molecule has 2 aromatic carbocycles. The van der Waals surface area contributed by atoms with E-state index in [0.29, 0.717) is 5.95 Å². The van der Waals surface area contributed by atoms with Gasteiger partial charge in [0.1, 0.15) is 5.65 Å². The van der Waals surface area contributed by atoms with E-state index in [4.69, 9.17) is 0 Å². The lowest BCUT2D eigenvalue weighted by Gasteiger charge is -2.10. The molecule has 4 aromatic rings. The molecule has 0 aliphatic carbocycles. The van der Waals surface area contributed by atoms with Crippen LogP contribution in [0.3, 0.4) is 0 Å². The maximum Gasteiger partial charge on any atom is 0.229 e. The number of fused-ring (bicyclic) bond motifs is 1. The third-order valence-corrected chi connectivity index (χ3v) is 4.23. The van der Waals surface area contributed by atoms with Crippen molar-refractivity contribution in [3.8, 4) is 11.1 Å². The number of rotatable bonds is 5. The summed E-state index contributed by atoms with van der Waals surface area (Å²) in [7, 11) is 4.13. The van der Waals surface area contributed by atoms with Gasteiger partial charge in [-0.25, -0.2) is 4.98 Å². The number of hydrogen-bond acceptors (Lipinski definition) is 4. The fourth-order valence-electron chi connectivity index (χ4n) is 3.01. The minimum atomic E-state index is 0.583. The molecule has 2 heterocycles. The van der Waals surface area contributed by atoms with Crippen LogP contribution in [0.1, 0.15) is 5.56 Å². The first kappa shape index (κ1) is 16.3. The van der Waals surface area contributed by atoms with E-state index in [2.05, 4.69) is 75.7 Å². The van der Waals surface area contributed by atoms with Crippen LogP contribution in [0.15, 0.2) is 67.0 Å². The number of benzene rings is 2. The van der Waals surface area contributed by atoms with Gasteiger partial charge < -0.3 is 15.2 Å². The predicted octanol–water partition coefficient (Wildman–Crippen LogP) is 4.43. The Balaban J connectivity index is 1.57. The van der Waals surface area contributed by atoms with E-state index in [1.165, 1.54) is 5.56 Å². The molecule has 0 bridgehead atoms. The standard InChI is InChI=1S/C21H21N5/c1-26(2)14-15-8-10-17(11-9-15)24-21-23-13-19-18(12-22-20(19)25-21)16-6-4-3-5-7-16/h3-13H,14H2,1-2H3,(H2,22,23,24,25). The molecule has 4 rings (SSSR count). The molecule has 0 aliphatic heterocycles. The molecular formula is C21H21N5. The fourth-order valence-corrected chi connectivity index (χ4v) is 3.01. The number of aromatic nitrogens is 3. The van der Waals surface area contributed by atoms with Crippen LogP contribution in [0.2, 0.25) is 0 Å². The Kier molecular flexibility index (Phi) is 4.37. The summed E-state index contributed by atoms with van der Waals surface area (Å²) in [4.78, 5) is 14.5. The average Bonchev–Trinajstić information content (AvgIpc) is 3.07. The normalized spacial score (nSPS) is 11.2. The quantitative estimate of drug-likeness (QED) is 0.563. The van der Waals surface area contributed by atoms with Crippen LogP contribution in [0, 0.1) is 0 Å². The molecule has 0 spiro atoms. The average molecular weight is 343 g/mol. The number of H-pyrrole nitrogens is 1. The van der Waals surface area contributed by atoms with Gasteiger partial charge in [0, 0.05) is 35.6 Å². The molecule has 0 aliphatic rings. The van der Waals surface area contributed by atoms with Crippen molar-refractivity contribution >= 4 is 22.7 Å². The van der Waals surface area contributed by atoms with Gasteiger partial charge in [-0.1, -0.05) is 42.5 Å². The van der Waals surface area contributed by atoms with Crippen LogP contribution in [0.5, 0.6) is 0 Å². The number of nitrogens with one attached hydrogen (secondary N) is 2. The van der Waals surface area contributed by atoms with E-state index in [1.54, 1.807) is 0 Å². The second-order valence-electron chi connectivity index (χ2n) is 6.58. The van der Waals surface area contributed by atoms with Crippen LogP contribution in [-0.4, -0.2) is 33.9 Å². The molecule has 0 fully saturated rings. The molecule has 5 heteroatoms. The van der Waals surface area contributed by atoms with Crippen molar-refractivity contribution < 1.29 is 0 Å². The van der Waals surface area contributed by atoms with Gasteiger partial charge in [-0.15, -0.1) is 0 Å². The molecule has 0 unspecified atom stereocenters. The van der Waals surface area contributed by atoms with Gasteiger partial charge in [0.15, 0.2) is 0 Å². The Hall–Kier alpha value is -3.18. The summed E-state index contributed by atoms with van der Waals surface area (Å²) < 4.78 is 0. The molecule has 0 radical (unpaired) electrons. The monoisotopic (exact) mass is 343 g/mol. The predicted molar refractivity (Wildman–Crippen MR) is 106 cm³/mol. The summed E-state index contributed by atoms with van der Waals surface area (Å²) in [6, 6.07) is 18.6. The maximum absolute atomic E-state index is 4.60. The summed E-state index contributed by atoms with van der Waals surface area (Å²) in [5.41, 5.74) is 5.33. The second kappa shape index (κ2) is 6.98. The van der Waals surface area contributed by atoms with E-state index in [-0.39, 0.29) is 0 Å². The third-order valence-electron chi connectivity index (χ3n) is 4.23. The van der Waals surface area contributed by atoms with Gasteiger partial charge in [-0.3, -0.25) is 0 Å². The maximum atomic E-state index is 4.60. The van der Waals surface area contributed by atoms with Crippen LogP contribution in [0.4, 0.5) is 11.6 Å². The minimum absolute atomic E-state index is 0.583. The highest BCUT2D eigenvalue weighted by atomic mass is 15.1. The van der Waals surface area contributed by atoms with Crippen molar-refractivity contribution in [2.24, 2.45) is 0 Å². The number of nitrogens with zero attached hydrogens (tertiary/aromatic N) is 3. The van der Waals surface area contributed by atoms with Gasteiger partial charge >= 0.3 is 0 Å². The topological polar surface area (TPSA) is 56.8 Å². The summed E-state index contributed by atoms with van der Waals surface area (Å²) in [5, 5.41) is 4.29. The first-order chi connectivity index (χ1) is 12.7. The molecule has 0 saturated carbocycles.